The molecule has 2 aliphatic rings. The molecule has 1 saturated heterocycles. The van der Waals surface area contributed by atoms with E-state index in [4.69, 9.17) is 0 Å². The molecule has 2 aromatic carbocycles. The van der Waals surface area contributed by atoms with Crippen molar-refractivity contribution in [3.63, 3.8) is 0 Å². The number of hydrogen-bond donors (Lipinski definition) is 4. The van der Waals surface area contributed by atoms with Gasteiger partial charge in [0.05, 0.1) is 29.3 Å². The number of amides is 1. The van der Waals surface area contributed by atoms with Gasteiger partial charge in [-0.1, -0.05) is 6.07 Å². The lowest BCUT2D eigenvalue weighted by Crippen LogP contribution is -2.47. The number of piperazine rings is 1. The van der Waals surface area contributed by atoms with Crippen molar-refractivity contribution in [1.82, 2.24) is 14.8 Å². The minimum atomic E-state index is -2.33. The SMILES string of the molecule is Cc1cc(F)c(Nc2ccnc3c2C(=O)Nc2cc(CN4CCN(CC(F)F)CC4)ccc2N3)cc1O. The van der Waals surface area contributed by atoms with Gasteiger partial charge in [-0.2, -0.15) is 0 Å². The average Bonchev–Trinajstić information content (AvgIpc) is 2.99. The predicted octanol–water partition coefficient (Wildman–Crippen LogP) is 4.67. The first-order valence-corrected chi connectivity index (χ1v) is 12.0. The van der Waals surface area contributed by atoms with Crippen LogP contribution < -0.4 is 16.0 Å². The van der Waals surface area contributed by atoms with E-state index in [0.29, 0.717) is 61.2 Å². The number of aromatic hydroxyl groups is 1. The Morgan fingerprint density at radius 2 is 1.78 bits per heavy atom. The summed E-state index contributed by atoms with van der Waals surface area (Å²) in [5, 5.41) is 19.0. The highest BCUT2D eigenvalue weighted by Crippen LogP contribution is 2.36. The van der Waals surface area contributed by atoms with E-state index in [2.05, 4.69) is 25.8 Å². The Morgan fingerprint density at radius 3 is 2.54 bits per heavy atom. The standard InChI is InChI=1S/C26H27F3N6O2/c1-15-10-17(27)20(12-22(15)36)31-19-4-5-30-25-24(19)26(37)33-21-11-16(2-3-18(21)32-25)13-34-6-8-35(9-7-34)14-23(28)29/h2-5,10-12,23,36H,6-9,13-14H2,1H3,(H,33,37)(H2,30,31,32). The number of rotatable bonds is 6. The van der Waals surface area contributed by atoms with Crippen molar-refractivity contribution in [2.45, 2.75) is 19.9 Å². The maximum atomic E-state index is 14.5. The zero-order valence-corrected chi connectivity index (χ0v) is 20.2. The second kappa shape index (κ2) is 10.3. The van der Waals surface area contributed by atoms with Gasteiger partial charge in [0.15, 0.2) is 0 Å². The third-order valence-corrected chi connectivity index (χ3v) is 6.59. The number of aromatic nitrogens is 1. The highest BCUT2D eigenvalue weighted by molar-refractivity contribution is 6.15. The van der Waals surface area contributed by atoms with E-state index in [0.717, 1.165) is 5.56 Å². The number of anilines is 5. The van der Waals surface area contributed by atoms with Gasteiger partial charge in [-0.25, -0.2) is 18.2 Å². The molecule has 11 heteroatoms. The first-order chi connectivity index (χ1) is 17.8. The van der Waals surface area contributed by atoms with Crippen LogP contribution in [0.1, 0.15) is 21.5 Å². The van der Waals surface area contributed by atoms with Crippen LogP contribution in [0.2, 0.25) is 0 Å². The summed E-state index contributed by atoms with van der Waals surface area (Å²) in [5.74, 6) is -0.750. The lowest BCUT2D eigenvalue weighted by Gasteiger charge is -2.34. The molecule has 3 heterocycles. The van der Waals surface area contributed by atoms with E-state index in [1.807, 2.05) is 18.2 Å². The molecule has 5 rings (SSSR count). The number of fused-ring (bicyclic) bond motifs is 2. The van der Waals surface area contributed by atoms with Crippen molar-refractivity contribution in [2.75, 3.05) is 48.7 Å². The van der Waals surface area contributed by atoms with E-state index in [9.17, 15) is 23.1 Å². The summed E-state index contributed by atoms with van der Waals surface area (Å²) in [6.07, 6.45) is -0.829. The van der Waals surface area contributed by atoms with Crippen molar-refractivity contribution in [3.05, 3.63) is 65.1 Å². The molecule has 0 aliphatic carbocycles. The summed E-state index contributed by atoms with van der Waals surface area (Å²) in [6, 6.07) is 9.72. The van der Waals surface area contributed by atoms with Crippen LogP contribution in [0.3, 0.4) is 0 Å². The summed E-state index contributed by atoms with van der Waals surface area (Å²) < 4.78 is 39.8. The van der Waals surface area contributed by atoms with E-state index in [1.165, 1.54) is 18.3 Å². The Balaban J connectivity index is 1.33. The van der Waals surface area contributed by atoms with E-state index >= 15 is 0 Å². The van der Waals surface area contributed by atoms with E-state index < -0.39 is 18.1 Å². The van der Waals surface area contributed by atoms with Crippen molar-refractivity contribution >= 4 is 34.5 Å². The van der Waals surface area contributed by atoms with Gasteiger partial charge in [-0.05, 0) is 42.3 Å². The molecule has 2 aliphatic heterocycles. The van der Waals surface area contributed by atoms with Crippen LogP contribution in [-0.2, 0) is 6.54 Å². The molecule has 3 aromatic rings. The van der Waals surface area contributed by atoms with Gasteiger partial charge in [0.2, 0.25) is 0 Å². The Labute approximate surface area is 212 Å². The van der Waals surface area contributed by atoms with Gasteiger partial charge in [0.1, 0.15) is 22.9 Å². The van der Waals surface area contributed by atoms with Crippen molar-refractivity contribution in [1.29, 1.82) is 0 Å². The van der Waals surface area contributed by atoms with Crippen LogP contribution in [0, 0.1) is 12.7 Å². The van der Waals surface area contributed by atoms with Gasteiger partial charge >= 0.3 is 0 Å². The Kier molecular flexibility index (Phi) is 6.90. The van der Waals surface area contributed by atoms with Crippen LogP contribution in [0.4, 0.5) is 41.7 Å². The van der Waals surface area contributed by atoms with E-state index in [1.54, 1.807) is 17.9 Å². The first-order valence-electron chi connectivity index (χ1n) is 12.0. The Bertz CT molecular complexity index is 1330. The third kappa shape index (κ3) is 5.47. The summed E-state index contributed by atoms with van der Waals surface area (Å²) in [6.45, 7) is 4.56. The van der Waals surface area contributed by atoms with Gasteiger partial charge in [-0.3, -0.25) is 14.6 Å². The van der Waals surface area contributed by atoms with Crippen LogP contribution in [0.25, 0.3) is 0 Å². The number of nitrogens with one attached hydrogen (secondary N) is 3. The zero-order valence-electron chi connectivity index (χ0n) is 20.2. The molecule has 1 fully saturated rings. The summed E-state index contributed by atoms with van der Waals surface area (Å²) in [5.41, 5.74) is 3.15. The summed E-state index contributed by atoms with van der Waals surface area (Å²) in [7, 11) is 0. The van der Waals surface area contributed by atoms with Crippen molar-refractivity contribution in [3.8, 4) is 5.75 Å². The predicted molar refractivity (Wildman–Crippen MR) is 136 cm³/mol. The lowest BCUT2D eigenvalue weighted by molar-refractivity contribution is 0.0543. The molecule has 4 N–H and O–H groups in total. The number of benzene rings is 2. The average molecular weight is 513 g/mol. The maximum absolute atomic E-state index is 14.5. The summed E-state index contributed by atoms with van der Waals surface area (Å²) >= 11 is 0. The Morgan fingerprint density at radius 1 is 1.03 bits per heavy atom. The monoisotopic (exact) mass is 512 g/mol. The molecular weight excluding hydrogens is 485 g/mol. The van der Waals surface area contributed by atoms with Crippen LogP contribution in [-0.4, -0.2) is 64.9 Å². The molecule has 0 saturated carbocycles. The fourth-order valence-electron chi connectivity index (χ4n) is 4.59. The van der Waals surface area contributed by atoms with Gasteiger partial charge in [0.25, 0.3) is 12.3 Å². The molecule has 0 bridgehead atoms. The molecule has 1 aromatic heterocycles. The number of phenols is 1. The number of pyridine rings is 1. The molecular formula is C26H27F3N6O2. The number of hydrogen-bond acceptors (Lipinski definition) is 7. The molecule has 0 atom stereocenters. The normalized spacial score (nSPS) is 16.0. The zero-order chi connectivity index (χ0) is 26.1. The van der Waals surface area contributed by atoms with E-state index in [-0.39, 0.29) is 23.5 Å². The van der Waals surface area contributed by atoms with Crippen LogP contribution >= 0.6 is 0 Å². The summed E-state index contributed by atoms with van der Waals surface area (Å²) in [4.78, 5) is 21.5. The molecule has 8 nitrogen and oxygen atoms in total. The highest BCUT2D eigenvalue weighted by atomic mass is 19.3. The van der Waals surface area contributed by atoms with Crippen LogP contribution in [0.5, 0.6) is 5.75 Å². The second-order valence-electron chi connectivity index (χ2n) is 9.25. The molecule has 0 unspecified atom stereocenters. The topological polar surface area (TPSA) is 92.8 Å². The number of carbonyl (C=O) groups excluding carboxylic acids is 1. The molecule has 0 radical (unpaired) electrons. The fourth-order valence-corrected chi connectivity index (χ4v) is 4.59. The smallest absolute Gasteiger partial charge is 0.261 e. The number of aryl methyl sites for hydroxylation is 1. The maximum Gasteiger partial charge on any atom is 0.261 e. The second-order valence-corrected chi connectivity index (χ2v) is 9.25. The number of halogens is 3. The minimum absolute atomic E-state index is 0.0296. The number of alkyl halides is 2. The fraction of sp³-hybridized carbons (Fsp3) is 0.308. The first kappa shape index (κ1) is 24.8. The van der Waals surface area contributed by atoms with Gasteiger partial charge < -0.3 is 21.1 Å². The van der Waals surface area contributed by atoms with Gasteiger partial charge in [-0.15, -0.1) is 0 Å². The molecule has 1 amide bonds. The molecule has 194 valence electrons. The van der Waals surface area contributed by atoms with Gasteiger partial charge in [0, 0.05) is 45.0 Å². The number of carbonyl (C=O) groups is 1. The van der Waals surface area contributed by atoms with Crippen molar-refractivity contribution in [2.24, 2.45) is 0 Å². The number of nitrogens with zero attached hydrogens (tertiary/aromatic N) is 3. The quantitative estimate of drug-likeness (QED) is 0.382. The highest BCUT2D eigenvalue weighted by Gasteiger charge is 2.25. The van der Waals surface area contributed by atoms with Crippen molar-refractivity contribution < 1.29 is 23.1 Å². The van der Waals surface area contributed by atoms with Crippen LogP contribution in [0.15, 0.2) is 42.6 Å². The minimum Gasteiger partial charge on any atom is -0.508 e. The number of phenolic OH excluding ortho intramolecular Hbond substituents is 1. The Hall–Kier alpha value is -3.83. The lowest BCUT2D eigenvalue weighted by atomic mass is 10.1. The molecule has 37 heavy (non-hydrogen) atoms. The largest absolute Gasteiger partial charge is 0.508 e. The molecule has 0 spiro atoms. The third-order valence-electron chi connectivity index (χ3n) is 6.59.